The van der Waals surface area contributed by atoms with Gasteiger partial charge in [0.2, 0.25) is 0 Å². The van der Waals surface area contributed by atoms with Crippen molar-refractivity contribution in [3.05, 3.63) is 53.5 Å². The Bertz CT molecular complexity index is 626. The summed E-state index contributed by atoms with van der Waals surface area (Å²) in [6.45, 7) is 3.54. The zero-order chi connectivity index (χ0) is 15.9. The van der Waals surface area contributed by atoms with Gasteiger partial charge in [-0.05, 0) is 37.1 Å². The topological polar surface area (TPSA) is 68.5 Å². The number of furan rings is 1. The summed E-state index contributed by atoms with van der Waals surface area (Å²) in [5, 5.41) is 2.77. The molecule has 0 bridgehead atoms. The number of carbonyl (C=O) groups excluding carboxylic acids is 2. The van der Waals surface area contributed by atoms with Crippen LogP contribution in [-0.4, -0.2) is 18.5 Å². The van der Waals surface area contributed by atoms with E-state index in [0.29, 0.717) is 6.42 Å². The Labute approximate surface area is 129 Å². The van der Waals surface area contributed by atoms with Gasteiger partial charge in [-0.15, -0.1) is 0 Å². The van der Waals surface area contributed by atoms with Crippen molar-refractivity contribution in [1.82, 2.24) is 0 Å². The molecule has 0 fully saturated rings. The quantitative estimate of drug-likeness (QED) is 0.833. The fourth-order valence-corrected chi connectivity index (χ4v) is 2.09. The standard InChI is InChI=1S/C17H19NO4/c1-12-5-3-6-13(2)17(12)18-15(19)11-22-16(20)9-8-14-7-4-10-21-14/h3-7,10H,8-9,11H2,1-2H3,(H,18,19). The summed E-state index contributed by atoms with van der Waals surface area (Å²) in [5.41, 5.74) is 2.70. The van der Waals surface area contributed by atoms with E-state index in [1.165, 1.54) is 0 Å². The lowest BCUT2D eigenvalue weighted by atomic mass is 10.1. The van der Waals surface area contributed by atoms with E-state index in [2.05, 4.69) is 5.32 Å². The van der Waals surface area contributed by atoms with E-state index in [1.807, 2.05) is 32.0 Å². The van der Waals surface area contributed by atoms with Crippen LogP contribution in [0.25, 0.3) is 0 Å². The molecule has 1 N–H and O–H groups in total. The van der Waals surface area contributed by atoms with E-state index >= 15 is 0 Å². The highest BCUT2D eigenvalue weighted by atomic mass is 16.5. The first-order valence-corrected chi connectivity index (χ1v) is 7.10. The number of anilines is 1. The molecule has 2 rings (SSSR count). The van der Waals surface area contributed by atoms with Crippen LogP contribution in [0.15, 0.2) is 41.0 Å². The maximum atomic E-state index is 11.8. The molecule has 116 valence electrons. The normalized spacial score (nSPS) is 10.3. The molecule has 0 unspecified atom stereocenters. The monoisotopic (exact) mass is 301 g/mol. The first-order chi connectivity index (χ1) is 10.6. The molecule has 0 saturated carbocycles. The van der Waals surface area contributed by atoms with Crippen LogP contribution < -0.4 is 5.32 Å². The molecule has 0 aliphatic rings. The predicted molar refractivity (Wildman–Crippen MR) is 82.5 cm³/mol. The lowest BCUT2D eigenvalue weighted by Gasteiger charge is -2.11. The number of carbonyl (C=O) groups is 2. The summed E-state index contributed by atoms with van der Waals surface area (Å²) >= 11 is 0. The maximum absolute atomic E-state index is 11.8. The van der Waals surface area contributed by atoms with Crippen molar-refractivity contribution in [2.24, 2.45) is 0 Å². The zero-order valence-corrected chi connectivity index (χ0v) is 12.7. The smallest absolute Gasteiger partial charge is 0.306 e. The minimum atomic E-state index is -0.423. The van der Waals surface area contributed by atoms with Crippen LogP contribution >= 0.6 is 0 Å². The van der Waals surface area contributed by atoms with Crippen molar-refractivity contribution in [1.29, 1.82) is 0 Å². The van der Waals surface area contributed by atoms with Crippen LogP contribution in [0.4, 0.5) is 5.69 Å². The Morgan fingerprint density at radius 1 is 1.14 bits per heavy atom. The average Bonchev–Trinajstić information content (AvgIpc) is 3.00. The van der Waals surface area contributed by atoms with E-state index in [1.54, 1.807) is 18.4 Å². The number of amides is 1. The Kier molecular flexibility index (Phi) is 5.36. The van der Waals surface area contributed by atoms with Gasteiger partial charge in [0.1, 0.15) is 5.76 Å². The highest BCUT2D eigenvalue weighted by Crippen LogP contribution is 2.19. The Balaban J connectivity index is 1.76. The number of benzene rings is 1. The fraction of sp³-hybridized carbons (Fsp3) is 0.294. The van der Waals surface area contributed by atoms with Gasteiger partial charge in [-0.1, -0.05) is 18.2 Å². The van der Waals surface area contributed by atoms with Crippen LogP contribution in [0, 0.1) is 13.8 Å². The van der Waals surface area contributed by atoms with Crippen LogP contribution in [0.2, 0.25) is 0 Å². The van der Waals surface area contributed by atoms with E-state index in [-0.39, 0.29) is 18.9 Å². The van der Waals surface area contributed by atoms with Gasteiger partial charge < -0.3 is 14.5 Å². The second kappa shape index (κ2) is 7.45. The van der Waals surface area contributed by atoms with Crippen molar-refractivity contribution >= 4 is 17.6 Å². The molecule has 0 radical (unpaired) electrons. The van der Waals surface area contributed by atoms with Gasteiger partial charge in [-0.25, -0.2) is 0 Å². The number of para-hydroxylation sites is 1. The summed E-state index contributed by atoms with van der Waals surface area (Å²) < 4.78 is 10.1. The van der Waals surface area contributed by atoms with Crippen molar-refractivity contribution in [3.8, 4) is 0 Å². The molecule has 0 aliphatic carbocycles. The van der Waals surface area contributed by atoms with Gasteiger partial charge in [-0.3, -0.25) is 9.59 Å². The van der Waals surface area contributed by atoms with Gasteiger partial charge in [0.15, 0.2) is 6.61 Å². The highest BCUT2D eigenvalue weighted by Gasteiger charge is 2.11. The molecule has 1 heterocycles. The summed E-state index contributed by atoms with van der Waals surface area (Å²) in [6.07, 6.45) is 2.20. The zero-order valence-electron chi connectivity index (χ0n) is 12.7. The molecule has 22 heavy (non-hydrogen) atoms. The summed E-state index contributed by atoms with van der Waals surface area (Å²) in [5.74, 6) is -0.0475. The molecule has 1 amide bonds. The lowest BCUT2D eigenvalue weighted by molar-refractivity contribution is -0.147. The summed E-state index contributed by atoms with van der Waals surface area (Å²) in [4.78, 5) is 23.4. The van der Waals surface area contributed by atoms with Gasteiger partial charge in [0.05, 0.1) is 12.7 Å². The molecule has 1 aromatic carbocycles. The van der Waals surface area contributed by atoms with Crippen LogP contribution in [0.5, 0.6) is 0 Å². The first kappa shape index (κ1) is 15.8. The molecule has 2 aromatic rings. The third kappa shape index (κ3) is 4.48. The molecular formula is C17H19NO4. The molecule has 0 spiro atoms. The number of ether oxygens (including phenoxy) is 1. The third-order valence-corrected chi connectivity index (χ3v) is 3.27. The first-order valence-electron chi connectivity index (χ1n) is 7.10. The number of esters is 1. The van der Waals surface area contributed by atoms with Crippen LogP contribution in [0.3, 0.4) is 0 Å². The van der Waals surface area contributed by atoms with Crippen molar-refractivity contribution in [2.45, 2.75) is 26.7 Å². The molecule has 5 nitrogen and oxygen atoms in total. The lowest BCUT2D eigenvalue weighted by Crippen LogP contribution is -2.21. The highest BCUT2D eigenvalue weighted by molar-refractivity contribution is 5.94. The second-order valence-corrected chi connectivity index (χ2v) is 5.06. The number of nitrogens with one attached hydrogen (secondary N) is 1. The SMILES string of the molecule is Cc1cccc(C)c1NC(=O)COC(=O)CCc1ccco1. The third-order valence-electron chi connectivity index (χ3n) is 3.27. The molecular weight excluding hydrogens is 282 g/mol. The Hall–Kier alpha value is -2.56. The Morgan fingerprint density at radius 2 is 1.86 bits per heavy atom. The predicted octanol–water partition coefficient (Wildman–Crippen LogP) is 3.01. The largest absolute Gasteiger partial charge is 0.469 e. The molecule has 1 aromatic heterocycles. The van der Waals surface area contributed by atoms with Crippen LogP contribution in [0.1, 0.15) is 23.3 Å². The van der Waals surface area contributed by atoms with Gasteiger partial charge >= 0.3 is 5.97 Å². The summed E-state index contributed by atoms with van der Waals surface area (Å²) in [6, 6.07) is 9.31. The molecule has 5 heteroatoms. The minimum absolute atomic E-state index is 0.185. The van der Waals surface area contributed by atoms with Crippen molar-refractivity contribution in [3.63, 3.8) is 0 Å². The fourth-order valence-electron chi connectivity index (χ4n) is 2.09. The van der Waals surface area contributed by atoms with Gasteiger partial charge in [0.25, 0.3) is 5.91 Å². The maximum Gasteiger partial charge on any atom is 0.306 e. The molecule has 0 atom stereocenters. The second-order valence-electron chi connectivity index (χ2n) is 5.06. The molecule has 0 saturated heterocycles. The number of hydrogen-bond acceptors (Lipinski definition) is 4. The van der Waals surface area contributed by atoms with E-state index < -0.39 is 5.97 Å². The number of rotatable bonds is 6. The number of aryl methyl sites for hydroxylation is 3. The van der Waals surface area contributed by atoms with Crippen molar-refractivity contribution < 1.29 is 18.7 Å². The number of hydrogen-bond donors (Lipinski definition) is 1. The Morgan fingerprint density at radius 3 is 2.50 bits per heavy atom. The van der Waals surface area contributed by atoms with Gasteiger partial charge in [-0.2, -0.15) is 0 Å². The van der Waals surface area contributed by atoms with E-state index in [4.69, 9.17) is 9.15 Å². The molecule has 0 aliphatic heterocycles. The average molecular weight is 301 g/mol. The summed E-state index contributed by atoms with van der Waals surface area (Å²) in [7, 11) is 0. The van der Waals surface area contributed by atoms with Gasteiger partial charge in [0, 0.05) is 12.1 Å². The van der Waals surface area contributed by atoms with Crippen LogP contribution in [-0.2, 0) is 20.7 Å². The minimum Gasteiger partial charge on any atom is -0.469 e. The van der Waals surface area contributed by atoms with Crippen molar-refractivity contribution in [2.75, 3.05) is 11.9 Å². The van der Waals surface area contributed by atoms with E-state index in [0.717, 1.165) is 22.6 Å². The van der Waals surface area contributed by atoms with E-state index in [9.17, 15) is 9.59 Å².